The number of pyridine rings is 1. The highest BCUT2D eigenvalue weighted by Gasteiger charge is 2.25. The molecule has 3 aromatic rings. The number of anilines is 1. The van der Waals surface area contributed by atoms with Crippen LogP contribution in [-0.4, -0.2) is 15.8 Å². The van der Waals surface area contributed by atoms with Gasteiger partial charge in [-0.25, -0.2) is 4.98 Å². The summed E-state index contributed by atoms with van der Waals surface area (Å²) in [4.78, 5) is 27.3. The molecule has 24 heavy (non-hydrogen) atoms. The topological polar surface area (TPSA) is 111 Å². The lowest BCUT2D eigenvalue weighted by molar-refractivity contribution is -0.382. The van der Waals surface area contributed by atoms with E-state index in [-0.39, 0.29) is 23.6 Å². The maximum absolute atomic E-state index is 12.4. The number of hydrogen-bond acceptors (Lipinski definition) is 5. The molecule has 1 amide bonds. The van der Waals surface area contributed by atoms with Crippen LogP contribution in [0.2, 0.25) is 0 Å². The highest BCUT2D eigenvalue weighted by molar-refractivity contribution is 6.05. The molecular formula is C17H14N4O3. The molecule has 1 aromatic heterocycles. The number of fused-ring (bicyclic) bond motifs is 1. The van der Waals surface area contributed by atoms with Gasteiger partial charge >= 0.3 is 5.69 Å². The molecule has 0 atom stereocenters. The van der Waals surface area contributed by atoms with Gasteiger partial charge in [0.15, 0.2) is 5.69 Å². The quantitative estimate of drug-likeness (QED) is 0.566. The molecule has 0 aliphatic rings. The van der Waals surface area contributed by atoms with Gasteiger partial charge in [-0.15, -0.1) is 0 Å². The second kappa shape index (κ2) is 6.33. The van der Waals surface area contributed by atoms with Crippen molar-refractivity contribution < 1.29 is 9.72 Å². The van der Waals surface area contributed by atoms with Gasteiger partial charge in [-0.3, -0.25) is 14.9 Å². The fourth-order valence-electron chi connectivity index (χ4n) is 2.44. The van der Waals surface area contributed by atoms with Crippen LogP contribution in [0, 0.1) is 10.1 Å². The lowest BCUT2D eigenvalue weighted by atomic mass is 10.1. The molecule has 0 bridgehead atoms. The Morgan fingerprint density at radius 1 is 1.12 bits per heavy atom. The summed E-state index contributed by atoms with van der Waals surface area (Å²) in [6, 6.07) is 15.8. The van der Waals surface area contributed by atoms with E-state index in [0.29, 0.717) is 10.9 Å². The van der Waals surface area contributed by atoms with E-state index < -0.39 is 10.8 Å². The van der Waals surface area contributed by atoms with Crippen molar-refractivity contribution in [2.24, 2.45) is 0 Å². The number of hydrogen-bond donors (Lipinski definition) is 2. The summed E-state index contributed by atoms with van der Waals surface area (Å²) in [5.41, 5.74) is 6.43. The van der Waals surface area contributed by atoms with Gasteiger partial charge in [-0.2, -0.15) is 0 Å². The molecule has 7 nitrogen and oxygen atoms in total. The van der Waals surface area contributed by atoms with E-state index in [4.69, 9.17) is 5.73 Å². The summed E-state index contributed by atoms with van der Waals surface area (Å²) in [6.45, 7) is 0.279. The number of carbonyl (C=O) groups is 1. The first-order chi connectivity index (χ1) is 11.6. The van der Waals surface area contributed by atoms with E-state index >= 15 is 0 Å². The minimum atomic E-state index is -0.590. The number of amides is 1. The van der Waals surface area contributed by atoms with Crippen molar-refractivity contribution in [1.82, 2.24) is 10.3 Å². The number of rotatable bonds is 4. The molecule has 0 fully saturated rings. The largest absolute Gasteiger partial charge is 0.391 e. The average Bonchev–Trinajstić information content (AvgIpc) is 2.59. The second-order valence-corrected chi connectivity index (χ2v) is 5.17. The fourth-order valence-corrected chi connectivity index (χ4v) is 2.44. The number of nitrogens with two attached hydrogens (primary N) is 1. The number of carbonyl (C=O) groups excluding carboxylic acids is 1. The third-order valence-electron chi connectivity index (χ3n) is 3.60. The lowest BCUT2D eigenvalue weighted by Gasteiger charge is -2.09. The van der Waals surface area contributed by atoms with Crippen molar-refractivity contribution in [1.29, 1.82) is 0 Å². The number of nitrogens with one attached hydrogen (secondary N) is 1. The molecular weight excluding hydrogens is 308 g/mol. The van der Waals surface area contributed by atoms with Gasteiger partial charge in [-0.1, -0.05) is 42.5 Å². The summed E-state index contributed by atoms with van der Waals surface area (Å²) in [5.74, 6) is -0.551. The van der Waals surface area contributed by atoms with Crippen LogP contribution in [0.3, 0.4) is 0 Å². The van der Waals surface area contributed by atoms with Crippen LogP contribution in [-0.2, 0) is 6.54 Å². The predicted molar refractivity (Wildman–Crippen MR) is 90.4 cm³/mol. The van der Waals surface area contributed by atoms with E-state index in [9.17, 15) is 14.9 Å². The fraction of sp³-hybridized carbons (Fsp3) is 0.0588. The molecule has 3 rings (SSSR count). The Kier molecular flexibility index (Phi) is 4.07. The molecule has 0 unspecified atom stereocenters. The van der Waals surface area contributed by atoms with Crippen molar-refractivity contribution in [3.8, 4) is 0 Å². The summed E-state index contributed by atoms with van der Waals surface area (Å²) in [5, 5.41) is 14.3. The minimum absolute atomic E-state index is 0.142. The summed E-state index contributed by atoms with van der Waals surface area (Å²) >= 11 is 0. The molecule has 1 heterocycles. The zero-order chi connectivity index (χ0) is 17.1. The number of nitrogen functional groups attached to an aromatic ring is 1. The molecule has 3 N–H and O–H groups in total. The van der Waals surface area contributed by atoms with E-state index in [0.717, 1.165) is 5.56 Å². The molecule has 2 aromatic carbocycles. The number of nitro groups is 1. The molecule has 0 aliphatic heterocycles. The molecule has 0 aliphatic carbocycles. The van der Waals surface area contributed by atoms with E-state index in [2.05, 4.69) is 10.3 Å². The first-order valence-corrected chi connectivity index (χ1v) is 7.22. The zero-order valence-electron chi connectivity index (χ0n) is 12.6. The minimum Gasteiger partial charge on any atom is -0.391 e. The van der Waals surface area contributed by atoms with Gasteiger partial charge in [0.2, 0.25) is 0 Å². The number of para-hydroxylation sites is 1. The first kappa shape index (κ1) is 15.4. The molecule has 0 spiro atoms. The van der Waals surface area contributed by atoms with Gasteiger partial charge in [0.25, 0.3) is 5.91 Å². The number of benzene rings is 2. The second-order valence-electron chi connectivity index (χ2n) is 5.17. The Morgan fingerprint density at radius 2 is 1.79 bits per heavy atom. The molecule has 0 saturated carbocycles. The number of aromatic nitrogens is 1. The van der Waals surface area contributed by atoms with E-state index in [1.807, 2.05) is 30.3 Å². The monoisotopic (exact) mass is 322 g/mol. The lowest BCUT2D eigenvalue weighted by Crippen LogP contribution is -2.25. The Morgan fingerprint density at radius 3 is 2.50 bits per heavy atom. The maximum atomic E-state index is 12.4. The third kappa shape index (κ3) is 2.87. The zero-order valence-corrected chi connectivity index (χ0v) is 12.6. The van der Waals surface area contributed by atoms with Crippen LogP contribution in [0.5, 0.6) is 0 Å². The summed E-state index contributed by atoms with van der Waals surface area (Å²) in [7, 11) is 0. The van der Waals surface area contributed by atoms with Crippen LogP contribution in [0.4, 0.5) is 11.4 Å². The number of nitrogens with zero attached hydrogens (tertiary/aromatic N) is 2. The van der Waals surface area contributed by atoms with Crippen molar-refractivity contribution in [3.63, 3.8) is 0 Å². The van der Waals surface area contributed by atoms with E-state index in [1.165, 1.54) is 0 Å². The van der Waals surface area contributed by atoms with Gasteiger partial charge in [0, 0.05) is 6.54 Å². The van der Waals surface area contributed by atoms with Crippen LogP contribution in [0.15, 0.2) is 54.6 Å². The third-order valence-corrected chi connectivity index (χ3v) is 3.60. The highest BCUT2D eigenvalue weighted by Crippen LogP contribution is 2.32. The van der Waals surface area contributed by atoms with Gasteiger partial charge in [0.1, 0.15) is 5.69 Å². The molecule has 0 saturated heterocycles. The van der Waals surface area contributed by atoms with Crippen LogP contribution in [0.1, 0.15) is 16.1 Å². The van der Waals surface area contributed by atoms with Crippen LogP contribution >= 0.6 is 0 Å². The normalized spacial score (nSPS) is 10.5. The van der Waals surface area contributed by atoms with Crippen LogP contribution < -0.4 is 11.1 Å². The average molecular weight is 322 g/mol. The van der Waals surface area contributed by atoms with Crippen molar-refractivity contribution >= 4 is 28.2 Å². The van der Waals surface area contributed by atoms with E-state index in [1.54, 1.807) is 24.3 Å². The van der Waals surface area contributed by atoms with Gasteiger partial charge in [0.05, 0.1) is 15.8 Å². The Bertz CT molecular complexity index is 926. The predicted octanol–water partition coefficient (Wildman–Crippen LogP) is 2.66. The van der Waals surface area contributed by atoms with Gasteiger partial charge < -0.3 is 11.1 Å². The molecule has 0 radical (unpaired) electrons. The Hall–Kier alpha value is -3.48. The van der Waals surface area contributed by atoms with Crippen molar-refractivity contribution in [3.05, 3.63) is 76.0 Å². The van der Waals surface area contributed by atoms with Crippen LogP contribution in [0.25, 0.3) is 10.9 Å². The van der Waals surface area contributed by atoms with Crippen molar-refractivity contribution in [2.45, 2.75) is 6.54 Å². The van der Waals surface area contributed by atoms with Crippen molar-refractivity contribution in [2.75, 3.05) is 5.73 Å². The maximum Gasteiger partial charge on any atom is 0.303 e. The highest BCUT2D eigenvalue weighted by atomic mass is 16.6. The van der Waals surface area contributed by atoms with Gasteiger partial charge in [-0.05, 0) is 17.7 Å². The summed E-state index contributed by atoms with van der Waals surface area (Å²) in [6.07, 6.45) is 0. The molecule has 120 valence electrons. The standard InChI is InChI=1S/C17H14N4O3/c18-14-15(17(22)19-10-11-6-2-1-3-7-11)20-13-9-5-4-8-12(13)16(14)21(23)24/h1-9H,10,18H2,(H,19,22). The Balaban J connectivity index is 1.98. The SMILES string of the molecule is Nc1c(C(=O)NCc2ccccc2)nc2ccccc2c1[N+](=O)[O-]. The molecule has 7 heteroatoms. The summed E-state index contributed by atoms with van der Waals surface area (Å²) < 4.78 is 0. The smallest absolute Gasteiger partial charge is 0.303 e. The Labute approximate surface area is 137 Å². The first-order valence-electron chi connectivity index (χ1n) is 7.22.